The largest absolute Gasteiger partial charge is 0.370 e. The summed E-state index contributed by atoms with van der Waals surface area (Å²) in [5, 5.41) is 5.95. The molecule has 1 aromatic rings. The molecule has 0 aliphatic rings. The first-order valence-corrected chi connectivity index (χ1v) is 6.26. The average Bonchev–Trinajstić information content (AvgIpc) is 2.32. The molecule has 0 unspecified atom stereocenters. The van der Waals surface area contributed by atoms with E-state index >= 15 is 0 Å². The van der Waals surface area contributed by atoms with Crippen molar-refractivity contribution >= 4 is 17.4 Å². The normalized spacial score (nSPS) is 10.0. The molecule has 1 aromatic heterocycles. The van der Waals surface area contributed by atoms with Crippen molar-refractivity contribution in [1.29, 1.82) is 0 Å². The van der Waals surface area contributed by atoms with Crippen LogP contribution in [0.25, 0.3) is 0 Å². The fourth-order valence-electron chi connectivity index (χ4n) is 1.51. The third-order valence-electron chi connectivity index (χ3n) is 2.41. The second-order valence-electron chi connectivity index (χ2n) is 3.97. The highest BCUT2D eigenvalue weighted by Gasteiger charge is 2.02. The Bertz CT molecular complexity index is 335. The molecule has 1 heterocycles. The van der Waals surface area contributed by atoms with Crippen LogP contribution in [-0.4, -0.2) is 17.4 Å². The SMILES string of the molecule is CCCCCC(=O)Nc1ccc(NCC)nc1. The smallest absolute Gasteiger partial charge is 0.224 e. The summed E-state index contributed by atoms with van der Waals surface area (Å²) in [5.74, 6) is 0.896. The number of amides is 1. The van der Waals surface area contributed by atoms with E-state index in [1.165, 1.54) is 0 Å². The Morgan fingerprint density at radius 3 is 2.71 bits per heavy atom. The molecule has 4 nitrogen and oxygen atoms in total. The number of nitrogens with one attached hydrogen (secondary N) is 2. The molecule has 1 rings (SSSR count). The molecule has 0 saturated carbocycles. The van der Waals surface area contributed by atoms with Crippen LogP contribution >= 0.6 is 0 Å². The number of carbonyl (C=O) groups is 1. The molecule has 17 heavy (non-hydrogen) atoms. The maximum atomic E-state index is 11.5. The van der Waals surface area contributed by atoms with Crippen molar-refractivity contribution in [2.45, 2.75) is 39.5 Å². The van der Waals surface area contributed by atoms with E-state index in [9.17, 15) is 4.79 Å². The van der Waals surface area contributed by atoms with E-state index in [0.717, 1.165) is 37.3 Å². The number of rotatable bonds is 7. The van der Waals surface area contributed by atoms with Crippen LogP contribution in [0.15, 0.2) is 18.3 Å². The molecule has 0 aliphatic carbocycles. The monoisotopic (exact) mass is 235 g/mol. The molecule has 94 valence electrons. The molecular formula is C13H21N3O. The van der Waals surface area contributed by atoms with Crippen LogP contribution in [0.5, 0.6) is 0 Å². The van der Waals surface area contributed by atoms with Crippen molar-refractivity contribution in [3.05, 3.63) is 18.3 Å². The zero-order chi connectivity index (χ0) is 12.5. The van der Waals surface area contributed by atoms with Gasteiger partial charge in [-0.15, -0.1) is 0 Å². The van der Waals surface area contributed by atoms with Gasteiger partial charge >= 0.3 is 0 Å². The van der Waals surface area contributed by atoms with Crippen LogP contribution in [0.1, 0.15) is 39.5 Å². The lowest BCUT2D eigenvalue weighted by Gasteiger charge is -2.06. The Morgan fingerprint density at radius 1 is 1.29 bits per heavy atom. The van der Waals surface area contributed by atoms with Crippen molar-refractivity contribution in [3.63, 3.8) is 0 Å². The maximum Gasteiger partial charge on any atom is 0.224 e. The Morgan fingerprint density at radius 2 is 2.12 bits per heavy atom. The van der Waals surface area contributed by atoms with Crippen LogP contribution in [0, 0.1) is 0 Å². The van der Waals surface area contributed by atoms with E-state index in [2.05, 4.69) is 22.5 Å². The minimum Gasteiger partial charge on any atom is -0.370 e. The van der Waals surface area contributed by atoms with Gasteiger partial charge in [0.05, 0.1) is 11.9 Å². The number of nitrogens with zero attached hydrogens (tertiary/aromatic N) is 1. The Labute approximate surface area is 103 Å². The van der Waals surface area contributed by atoms with Crippen molar-refractivity contribution in [2.75, 3.05) is 17.2 Å². The number of carbonyl (C=O) groups excluding carboxylic acids is 1. The average molecular weight is 235 g/mol. The summed E-state index contributed by atoms with van der Waals surface area (Å²) >= 11 is 0. The van der Waals surface area contributed by atoms with Gasteiger partial charge in [0.25, 0.3) is 0 Å². The number of hydrogen-bond acceptors (Lipinski definition) is 3. The molecule has 0 fully saturated rings. The fraction of sp³-hybridized carbons (Fsp3) is 0.538. The Balaban J connectivity index is 2.37. The van der Waals surface area contributed by atoms with Crippen LogP contribution in [0.4, 0.5) is 11.5 Å². The summed E-state index contributed by atoms with van der Waals surface area (Å²) < 4.78 is 0. The first kappa shape index (κ1) is 13.5. The Kier molecular flexibility index (Phi) is 6.07. The van der Waals surface area contributed by atoms with E-state index < -0.39 is 0 Å². The second-order valence-corrected chi connectivity index (χ2v) is 3.97. The summed E-state index contributed by atoms with van der Waals surface area (Å²) in [5.41, 5.74) is 0.758. The summed E-state index contributed by atoms with van der Waals surface area (Å²) in [4.78, 5) is 15.7. The van der Waals surface area contributed by atoms with E-state index in [-0.39, 0.29) is 5.91 Å². The summed E-state index contributed by atoms with van der Waals surface area (Å²) in [6.45, 7) is 4.99. The molecule has 0 bridgehead atoms. The van der Waals surface area contributed by atoms with Gasteiger partial charge in [-0.3, -0.25) is 4.79 Å². The molecule has 0 saturated heterocycles. The molecule has 0 aromatic carbocycles. The lowest BCUT2D eigenvalue weighted by atomic mass is 10.2. The molecule has 4 heteroatoms. The van der Waals surface area contributed by atoms with Gasteiger partial charge in [-0.1, -0.05) is 19.8 Å². The van der Waals surface area contributed by atoms with Gasteiger partial charge in [-0.25, -0.2) is 4.98 Å². The summed E-state index contributed by atoms with van der Waals surface area (Å²) in [6, 6.07) is 3.73. The number of aromatic nitrogens is 1. The number of pyridine rings is 1. The van der Waals surface area contributed by atoms with Crippen LogP contribution in [0.3, 0.4) is 0 Å². The van der Waals surface area contributed by atoms with Gasteiger partial charge < -0.3 is 10.6 Å². The van der Waals surface area contributed by atoms with Gasteiger partial charge in [0.2, 0.25) is 5.91 Å². The van der Waals surface area contributed by atoms with Gasteiger partial charge in [0.1, 0.15) is 5.82 Å². The van der Waals surface area contributed by atoms with Gasteiger partial charge in [-0.05, 0) is 25.5 Å². The standard InChI is InChI=1S/C13H21N3O/c1-3-5-6-7-13(17)16-11-8-9-12(14-4-2)15-10-11/h8-10H,3-7H2,1-2H3,(H,14,15)(H,16,17). The zero-order valence-corrected chi connectivity index (χ0v) is 10.6. The Hall–Kier alpha value is -1.58. The minimum absolute atomic E-state index is 0.0662. The molecule has 0 aliphatic heterocycles. The van der Waals surface area contributed by atoms with Crippen LogP contribution in [0.2, 0.25) is 0 Å². The highest BCUT2D eigenvalue weighted by molar-refractivity contribution is 5.90. The molecule has 2 N–H and O–H groups in total. The lowest BCUT2D eigenvalue weighted by molar-refractivity contribution is -0.116. The van der Waals surface area contributed by atoms with Crippen molar-refractivity contribution in [1.82, 2.24) is 4.98 Å². The summed E-state index contributed by atoms with van der Waals surface area (Å²) in [6.07, 6.45) is 5.45. The molecule has 0 spiro atoms. The molecular weight excluding hydrogens is 214 g/mol. The first-order chi connectivity index (χ1) is 8.26. The van der Waals surface area contributed by atoms with Gasteiger partial charge in [0, 0.05) is 13.0 Å². The fourth-order valence-corrected chi connectivity index (χ4v) is 1.51. The number of unbranched alkanes of at least 4 members (excludes halogenated alkanes) is 2. The maximum absolute atomic E-state index is 11.5. The van der Waals surface area contributed by atoms with E-state index in [4.69, 9.17) is 0 Å². The van der Waals surface area contributed by atoms with Crippen molar-refractivity contribution in [3.8, 4) is 0 Å². The molecule has 1 amide bonds. The zero-order valence-electron chi connectivity index (χ0n) is 10.6. The van der Waals surface area contributed by atoms with E-state index in [0.29, 0.717) is 6.42 Å². The highest BCUT2D eigenvalue weighted by atomic mass is 16.1. The third kappa shape index (κ3) is 5.33. The third-order valence-corrected chi connectivity index (χ3v) is 2.41. The quantitative estimate of drug-likeness (QED) is 0.714. The predicted molar refractivity (Wildman–Crippen MR) is 71.2 cm³/mol. The lowest BCUT2D eigenvalue weighted by Crippen LogP contribution is -2.11. The van der Waals surface area contributed by atoms with Gasteiger partial charge in [0.15, 0.2) is 0 Å². The highest BCUT2D eigenvalue weighted by Crippen LogP contribution is 2.10. The van der Waals surface area contributed by atoms with Crippen LogP contribution < -0.4 is 10.6 Å². The van der Waals surface area contributed by atoms with Crippen LogP contribution in [-0.2, 0) is 4.79 Å². The van der Waals surface area contributed by atoms with E-state index in [1.807, 2.05) is 19.1 Å². The molecule has 0 atom stereocenters. The second kappa shape index (κ2) is 7.65. The predicted octanol–water partition coefficient (Wildman–Crippen LogP) is 3.03. The van der Waals surface area contributed by atoms with E-state index in [1.54, 1.807) is 6.20 Å². The summed E-state index contributed by atoms with van der Waals surface area (Å²) in [7, 11) is 0. The minimum atomic E-state index is 0.0662. The van der Waals surface area contributed by atoms with Crippen molar-refractivity contribution in [2.24, 2.45) is 0 Å². The van der Waals surface area contributed by atoms with Crippen molar-refractivity contribution < 1.29 is 4.79 Å². The number of hydrogen-bond donors (Lipinski definition) is 2. The molecule has 0 radical (unpaired) electrons. The van der Waals surface area contributed by atoms with Gasteiger partial charge in [-0.2, -0.15) is 0 Å². The topological polar surface area (TPSA) is 54.0 Å². The first-order valence-electron chi connectivity index (χ1n) is 6.26. The number of anilines is 2.